The van der Waals surface area contributed by atoms with E-state index in [1.54, 1.807) is 24.3 Å². The third-order valence-electron chi connectivity index (χ3n) is 1.90. The monoisotopic (exact) mass is 215 g/mol. The normalized spacial score (nSPS) is 9.75. The van der Waals surface area contributed by atoms with Gasteiger partial charge in [-0.3, -0.25) is 4.79 Å². The van der Waals surface area contributed by atoms with E-state index in [4.69, 9.17) is 5.73 Å². The molecule has 0 aliphatic heterocycles. The van der Waals surface area contributed by atoms with Crippen molar-refractivity contribution in [3.05, 3.63) is 42.2 Å². The SMILES string of the molecule is Nc1ncccc1C(=O)Nc1cccnn1. The van der Waals surface area contributed by atoms with Crippen LogP contribution in [0.4, 0.5) is 11.6 Å². The molecule has 0 spiro atoms. The van der Waals surface area contributed by atoms with Crippen molar-refractivity contribution in [1.29, 1.82) is 0 Å². The van der Waals surface area contributed by atoms with E-state index in [1.807, 2.05) is 0 Å². The molecular formula is C10H9N5O. The summed E-state index contributed by atoms with van der Waals surface area (Å²) in [5.41, 5.74) is 5.88. The predicted molar refractivity (Wildman–Crippen MR) is 58.6 cm³/mol. The number of carbonyl (C=O) groups excluding carboxylic acids is 1. The molecule has 0 unspecified atom stereocenters. The molecule has 0 fully saturated rings. The highest BCUT2D eigenvalue weighted by atomic mass is 16.1. The number of rotatable bonds is 2. The lowest BCUT2D eigenvalue weighted by atomic mass is 10.2. The minimum Gasteiger partial charge on any atom is -0.383 e. The maximum Gasteiger partial charge on any atom is 0.260 e. The van der Waals surface area contributed by atoms with Gasteiger partial charge in [0.15, 0.2) is 5.82 Å². The number of hydrogen-bond donors (Lipinski definition) is 2. The Morgan fingerprint density at radius 3 is 2.75 bits per heavy atom. The van der Waals surface area contributed by atoms with Gasteiger partial charge in [0.25, 0.3) is 5.91 Å². The summed E-state index contributed by atoms with van der Waals surface area (Å²) in [6.07, 6.45) is 3.04. The van der Waals surface area contributed by atoms with Crippen LogP contribution < -0.4 is 11.1 Å². The summed E-state index contributed by atoms with van der Waals surface area (Å²) in [7, 11) is 0. The van der Waals surface area contributed by atoms with Crippen molar-refractivity contribution in [2.75, 3.05) is 11.1 Å². The number of amides is 1. The van der Waals surface area contributed by atoms with Crippen LogP contribution in [0.25, 0.3) is 0 Å². The van der Waals surface area contributed by atoms with Gasteiger partial charge in [0, 0.05) is 12.4 Å². The summed E-state index contributed by atoms with van der Waals surface area (Å²) in [5.74, 6) is 0.200. The van der Waals surface area contributed by atoms with E-state index in [1.165, 1.54) is 12.4 Å². The lowest BCUT2D eigenvalue weighted by molar-refractivity contribution is 0.102. The van der Waals surface area contributed by atoms with Gasteiger partial charge < -0.3 is 11.1 Å². The molecule has 0 aromatic carbocycles. The van der Waals surface area contributed by atoms with E-state index in [-0.39, 0.29) is 11.7 Å². The first-order valence-electron chi connectivity index (χ1n) is 4.57. The first-order valence-corrected chi connectivity index (χ1v) is 4.57. The molecule has 6 heteroatoms. The van der Waals surface area contributed by atoms with Crippen LogP contribution in [0.1, 0.15) is 10.4 Å². The van der Waals surface area contributed by atoms with E-state index < -0.39 is 0 Å². The average molecular weight is 215 g/mol. The summed E-state index contributed by atoms with van der Waals surface area (Å²) in [5, 5.41) is 9.94. The molecular weight excluding hydrogens is 206 g/mol. The van der Waals surface area contributed by atoms with E-state index >= 15 is 0 Å². The fraction of sp³-hybridized carbons (Fsp3) is 0. The first-order chi connectivity index (χ1) is 7.77. The molecule has 0 saturated carbocycles. The summed E-state index contributed by atoms with van der Waals surface area (Å²) < 4.78 is 0. The molecule has 3 N–H and O–H groups in total. The van der Waals surface area contributed by atoms with E-state index in [0.29, 0.717) is 11.4 Å². The largest absolute Gasteiger partial charge is 0.383 e. The lowest BCUT2D eigenvalue weighted by Gasteiger charge is -2.04. The number of nitrogens with zero attached hydrogens (tertiary/aromatic N) is 3. The van der Waals surface area contributed by atoms with Crippen LogP contribution in [0.3, 0.4) is 0 Å². The smallest absolute Gasteiger partial charge is 0.260 e. The molecule has 0 aliphatic carbocycles. The molecule has 0 aliphatic rings. The molecule has 2 aromatic rings. The van der Waals surface area contributed by atoms with Gasteiger partial charge in [0.05, 0.1) is 5.56 Å². The molecule has 2 heterocycles. The molecule has 80 valence electrons. The second-order valence-electron chi connectivity index (χ2n) is 3.00. The average Bonchev–Trinajstić information content (AvgIpc) is 2.31. The summed E-state index contributed by atoms with van der Waals surface area (Å²) >= 11 is 0. The molecule has 0 atom stereocenters. The van der Waals surface area contributed by atoms with Gasteiger partial charge in [0.1, 0.15) is 5.82 Å². The van der Waals surface area contributed by atoms with E-state index in [0.717, 1.165) is 0 Å². The number of carbonyl (C=O) groups is 1. The third-order valence-corrected chi connectivity index (χ3v) is 1.90. The Kier molecular flexibility index (Phi) is 2.73. The Balaban J connectivity index is 2.19. The second kappa shape index (κ2) is 4.35. The molecule has 0 radical (unpaired) electrons. The predicted octanol–water partition coefficient (Wildman–Crippen LogP) is 0.706. The highest BCUT2D eigenvalue weighted by Gasteiger charge is 2.10. The Morgan fingerprint density at radius 1 is 1.25 bits per heavy atom. The van der Waals surface area contributed by atoms with Gasteiger partial charge in [-0.15, -0.1) is 5.10 Å². The summed E-state index contributed by atoms with van der Waals surface area (Å²) in [6, 6.07) is 6.54. The zero-order chi connectivity index (χ0) is 11.4. The van der Waals surface area contributed by atoms with Gasteiger partial charge in [-0.25, -0.2) is 4.98 Å². The number of anilines is 2. The van der Waals surface area contributed by atoms with E-state index in [9.17, 15) is 4.79 Å². The van der Waals surface area contributed by atoms with Gasteiger partial charge in [0.2, 0.25) is 0 Å². The highest BCUT2D eigenvalue weighted by Crippen LogP contribution is 2.09. The number of pyridine rings is 1. The van der Waals surface area contributed by atoms with Crippen molar-refractivity contribution in [2.24, 2.45) is 0 Å². The molecule has 1 amide bonds. The van der Waals surface area contributed by atoms with Crippen molar-refractivity contribution >= 4 is 17.5 Å². The van der Waals surface area contributed by atoms with Crippen molar-refractivity contribution in [3.63, 3.8) is 0 Å². The quantitative estimate of drug-likeness (QED) is 0.769. The third kappa shape index (κ3) is 2.11. The summed E-state index contributed by atoms with van der Waals surface area (Å²) in [4.78, 5) is 15.6. The standard InChI is InChI=1S/C10H9N5O/c11-9-7(3-1-5-12-9)10(16)14-8-4-2-6-13-15-8/h1-6H,(H2,11,12)(H,14,15,16). The zero-order valence-corrected chi connectivity index (χ0v) is 8.29. The number of aromatic nitrogens is 3. The van der Waals surface area contributed by atoms with Gasteiger partial charge in [-0.1, -0.05) is 0 Å². The number of nitrogens with two attached hydrogens (primary N) is 1. The van der Waals surface area contributed by atoms with Crippen LogP contribution in [0.15, 0.2) is 36.7 Å². The van der Waals surface area contributed by atoms with Gasteiger partial charge in [-0.05, 0) is 24.3 Å². The number of nitrogen functional groups attached to an aromatic ring is 1. The minimum absolute atomic E-state index is 0.184. The highest BCUT2D eigenvalue weighted by molar-refractivity contribution is 6.06. The molecule has 2 aromatic heterocycles. The number of hydrogen-bond acceptors (Lipinski definition) is 5. The van der Waals surface area contributed by atoms with Crippen LogP contribution in [-0.2, 0) is 0 Å². The maximum atomic E-state index is 11.7. The Hall–Kier alpha value is -2.50. The van der Waals surface area contributed by atoms with Gasteiger partial charge in [-0.2, -0.15) is 5.10 Å². The van der Waals surface area contributed by atoms with Crippen molar-refractivity contribution < 1.29 is 4.79 Å². The fourth-order valence-electron chi connectivity index (χ4n) is 1.16. The van der Waals surface area contributed by atoms with E-state index in [2.05, 4.69) is 20.5 Å². The second-order valence-corrected chi connectivity index (χ2v) is 3.00. The molecule has 6 nitrogen and oxygen atoms in total. The van der Waals surface area contributed by atoms with Gasteiger partial charge >= 0.3 is 0 Å². The molecule has 0 bridgehead atoms. The van der Waals surface area contributed by atoms with Crippen molar-refractivity contribution in [1.82, 2.24) is 15.2 Å². The molecule has 0 saturated heterocycles. The van der Waals surface area contributed by atoms with Crippen LogP contribution in [0.2, 0.25) is 0 Å². The Bertz CT molecular complexity index is 500. The Morgan fingerprint density at radius 2 is 2.06 bits per heavy atom. The van der Waals surface area contributed by atoms with Crippen molar-refractivity contribution in [3.8, 4) is 0 Å². The first kappa shape index (κ1) is 10.0. The summed E-state index contributed by atoms with van der Waals surface area (Å²) in [6.45, 7) is 0. The number of nitrogens with one attached hydrogen (secondary N) is 1. The van der Waals surface area contributed by atoms with Crippen LogP contribution in [0, 0.1) is 0 Å². The molecule has 2 rings (SSSR count). The van der Waals surface area contributed by atoms with Crippen LogP contribution in [0.5, 0.6) is 0 Å². The Labute approximate surface area is 91.5 Å². The van der Waals surface area contributed by atoms with Crippen LogP contribution >= 0.6 is 0 Å². The lowest BCUT2D eigenvalue weighted by Crippen LogP contribution is -2.15. The molecule has 16 heavy (non-hydrogen) atoms. The van der Waals surface area contributed by atoms with Crippen LogP contribution in [-0.4, -0.2) is 21.1 Å². The zero-order valence-electron chi connectivity index (χ0n) is 8.29. The minimum atomic E-state index is -0.355. The van der Waals surface area contributed by atoms with Crippen molar-refractivity contribution in [2.45, 2.75) is 0 Å². The topological polar surface area (TPSA) is 93.8 Å². The fourth-order valence-corrected chi connectivity index (χ4v) is 1.16. The maximum absolute atomic E-state index is 11.7.